The van der Waals surface area contributed by atoms with Crippen molar-refractivity contribution < 1.29 is 28.6 Å². The van der Waals surface area contributed by atoms with Crippen LogP contribution in [0.15, 0.2) is 109 Å². The van der Waals surface area contributed by atoms with E-state index in [-0.39, 0.29) is 31.5 Å². The first-order valence-electron chi connectivity index (χ1n) is 11.5. The Morgan fingerprint density at radius 1 is 0.727 bits per heavy atom. The number of pyridine rings is 2. The van der Waals surface area contributed by atoms with Crippen molar-refractivity contribution in [3.8, 4) is 33.6 Å². The molecule has 0 bridgehead atoms. The van der Waals surface area contributed by atoms with E-state index in [1.54, 1.807) is 6.07 Å². The molecule has 0 amide bonds. The second kappa shape index (κ2) is 12.0. The minimum Gasteiger partial charge on any atom is -0.305 e. The zero-order valence-corrected chi connectivity index (χ0v) is 19.9. The molecule has 5 rings (SSSR count). The molecule has 3 aromatic carbocycles. The number of aromatic nitrogens is 2. The summed E-state index contributed by atoms with van der Waals surface area (Å²) in [6.07, 6.45) is 3.12. The van der Waals surface area contributed by atoms with Gasteiger partial charge in [-0.05, 0) is 41.0 Å². The minimum absolute atomic E-state index is 0. The van der Waals surface area contributed by atoms with E-state index in [4.69, 9.17) is 4.11 Å². The molecule has 0 fully saturated rings. The molecule has 0 saturated heterocycles. The molecule has 0 aliphatic rings. The molecule has 33 heavy (non-hydrogen) atoms. The van der Waals surface area contributed by atoms with Crippen LogP contribution in [0.1, 0.15) is 9.68 Å². The van der Waals surface area contributed by atoms with Crippen molar-refractivity contribution in [2.24, 2.45) is 0 Å². The molecule has 0 aliphatic carbocycles. The molecule has 4 heteroatoms. The predicted molar refractivity (Wildman–Crippen MR) is 127 cm³/mol. The van der Waals surface area contributed by atoms with E-state index in [0.717, 1.165) is 11.3 Å². The average Bonchev–Trinajstić information content (AvgIpc) is 2.90. The number of nitrogens with zero attached hydrogens (tertiary/aromatic N) is 2. The standard InChI is InChI=1S/C17H12N.C12H9FN.Ir/c1-3-7-14(8-4-1)16-11-12-18-17(13-16)15-9-5-2-6-10-15;1-9-5-6-12(14-8-9)10-3-2-4-11(13)7-10;/h1-9,11-13H;2,4-8H,1H3;/q2*-1;/i;1D3;. The molecule has 2 nitrogen and oxygen atoms in total. The van der Waals surface area contributed by atoms with Gasteiger partial charge < -0.3 is 9.97 Å². The van der Waals surface area contributed by atoms with Crippen LogP contribution in [0.3, 0.4) is 0 Å². The minimum atomic E-state index is -2.17. The van der Waals surface area contributed by atoms with E-state index in [9.17, 15) is 4.39 Å². The molecule has 165 valence electrons. The van der Waals surface area contributed by atoms with Crippen LogP contribution in [0, 0.1) is 24.8 Å². The van der Waals surface area contributed by atoms with Crippen LogP contribution < -0.4 is 0 Å². The maximum absolute atomic E-state index is 13.0. The Balaban J connectivity index is 0.000000196. The van der Waals surface area contributed by atoms with Gasteiger partial charge in [-0.1, -0.05) is 48.5 Å². The van der Waals surface area contributed by atoms with Crippen LogP contribution in [0.2, 0.25) is 0 Å². The van der Waals surface area contributed by atoms with Crippen LogP contribution in [0.5, 0.6) is 0 Å². The fourth-order valence-corrected chi connectivity index (χ4v) is 3.08. The van der Waals surface area contributed by atoms with Crippen LogP contribution in [-0.4, -0.2) is 9.97 Å². The SMILES string of the molecule is [2H]C([2H])([2H])c1ccc(-c2[c-]ccc(F)c2)nc1.[Ir].[c-]1ccccc1-c1cc(-c2ccccc2)ccn1. The largest absolute Gasteiger partial charge is 0.305 e. The zero-order valence-electron chi connectivity index (χ0n) is 20.5. The van der Waals surface area contributed by atoms with Gasteiger partial charge in [0.15, 0.2) is 0 Å². The van der Waals surface area contributed by atoms with Crippen molar-refractivity contribution in [1.82, 2.24) is 9.97 Å². The summed E-state index contributed by atoms with van der Waals surface area (Å²) < 4.78 is 34.6. The summed E-state index contributed by atoms with van der Waals surface area (Å²) in [4.78, 5) is 8.40. The second-order valence-electron chi connectivity index (χ2n) is 6.92. The molecule has 1 radical (unpaired) electrons. The van der Waals surface area contributed by atoms with E-state index >= 15 is 0 Å². The van der Waals surface area contributed by atoms with Crippen molar-refractivity contribution in [3.63, 3.8) is 0 Å². The summed E-state index contributed by atoms with van der Waals surface area (Å²) in [6.45, 7) is -2.17. The molecule has 0 aliphatic heterocycles. The second-order valence-corrected chi connectivity index (χ2v) is 6.92. The van der Waals surface area contributed by atoms with Gasteiger partial charge in [-0.3, -0.25) is 0 Å². The summed E-state index contributed by atoms with van der Waals surface area (Å²) in [5.74, 6) is -0.375. The monoisotopic (exact) mass is 612 g/mol. The van der Waals surface area contributed by atoms with Gasteiger partial charge in [-0.2, -0.15) is 0 Å². The Morgan fingerprint density at radius 2 is 1.55 bits per heavy atom. The van der Waals surface area contributed by atoms with Crippen LogP contribution in [-0.2, 0) is 20.1 Å². The molecule has 0 unspecified atom stereocenters. The molecule has 2 heterocycles. The molecule has 2 aromatic heterocycles. The quantitative estimate of drug-likeness (QED) is 0.202. The number of rotatable bonds is 3. The van der Waals surface area contributed by atoms with Gasteiger partial charge in [0.05, 0.1) is 0 Å². The third kappa shape index (κ3) is 6.76. The van der Waals surface area contributed by atoms with Crippen molar-refractivity contribution >= 4 is 0 Å². The van der Waals surface area contributed by atoms with Gasteiger partial charge in [0.25, 0.3) is 0 Å². The summed E-state index contributed by atoms with van der Waals surface area (Å²) in [5.41, 5.74) is 5.53. The van der Waals surface area contributed by atoms with E-state index in [1.807, 2.05) is 54.7 Å². The molecular weight excluding hydrogens is 588 g/mol. The summed E-state index contributed by atoms with van der Waals surface area (Å²) >= 11 is 0. The Labute approximate surface area is 211 Å². The van der Waals surface area contributed by atoms with Crippen molar-refractivity contribution in [1.29, 1.82) is 0 Å². The number of hydrogen-bond donors (Lipinski definition) is 0. The van der Waals surface area contributed by atoms with Crippen LogP contribution in [0.25, 0.3) is 33.6 Å². The topological polar surface area (TPSA) is 25.8 Å². The first-order chi connectivity index (χ1) is 16.9. The Kier molecular flexibility index (Phi) is 7.31. The van der Waals surface area contributed by atoms with E-state index < -0.39 is 6.85 Å². The van der Waals surface area contributed by atoms with E-state index in [0.29, 0.717) is 11.3 Å². The average molecular weight is 612 g/mol. The summed E-state index contributed by atoms with van der Waals surface area (Å²) in [6, 6.07) is 35.5. The maximum Gasteiger partial charge on any atom is 0.0418 e. The van der Waals surface area contributed by atoms with Crippen LogP contribution in [0.4, 0.5) is 4.39 Å². The number of benzene rings is 3. The number of aryl methyl sites for hydroxylation is 1. The van der Waals surface area contributed by atoms with Crippen molar-refractivity contribution in [2.75, 3.05) is 0 Å². The van der Waals surface area contributed by atoms with E-state index in [1.165, 1.54) is 41.6 Å². The summed E-state index contributed by atoms with van der Waals surface area (Å²) in [5, 5.41) is 0. The Morgan fingerprint density at radius 3 is 2.24 bits per heavy atom. The van der Waals surface area contributed by atoms with Gasteiger partial charge >= 0.3 is 0 Å². The van der Waals surface area contributed by atoms with Gasteiger partial charge in [-0.15, -0.1) is 65.7 Å². The van der Waals surface area contributed by atoms with Crippen LogP contribution >= 0.6 is 0 Å². The molecule has 0 atom stereocenters. The summed E-state index contributed by atoms with van der Waals surface area (Å²) in [7, 11) is 0. The fraction of sp³-hybridized carbons (Fsp3) is 0.0345. The van der Waals surface area contributed by atoms with E-state index in [2.05, 4.69) is 40.3 Å². The molecule has 0 spiro atoms. The molecular formula is C29H21FIrN2-2. The normalized spacial score (nSPS) is 11.6. The first kappa shape index (κ1) is 20.2. The fourth-order valence-electron chi connectivity index (χ4n) is 3.08. The maximum atomic E-state index is 13.0. The first-order valence-corrected chi connectivity index (χ1v) is 10.0. The van der Waals surface area contributed by atoms with Gasteiger partial charge in [0, 0.05) is 42.4 Å². The molecule has 0 N–H and O–H groups in total. The van der Waals surface area contributed by atoms with Gasteiger partial charge in [0.1, 0.15) is 0 Å². The Bertz CT molecular complexity index is 1320. The Hall–Kier alpha value is -3.46. The predicted octanol–water partition coefficient (Wildman–Crippen LogP) is 7.21. The van der Waals surface area contributed by atoms with Crippen molar-refractivity contribution in [2.45, 2.75) is 6.85 Å². The van der Waals surface area contributed by atoms with Gasteiger partial charge in [-0.25, -0.2) is 4.39 Å². The van der Waals surface area contributed by atoms with Gasteiger partial charge in [0.2, 0.25) is 0 Å². The molecule has 5 aromatic rings. The third-order valence-electron chi connectivity index (χ3n) is 4.66. The van der Waals surface area contributed by atoms with Crippen molar-refractivity contribution in [3.05, 3.63) is 133 Å². The number of halogens is 1. The zero-order chi connectivity index (χ0) is 24.7. The third-order valence-corrected chi connectivity index (χ3v) is 4.66. The molecule has 0 saturated carbocycles. The smallest absolute Gasteiger partial charge is 0.0418 e. The number of hydrogen-bond acceptors (Lipinski definition) is 2.